The van der Waals surface area contributed by atoms with Crippen molar-refractivity contribution in [3.63, 3.8) is 0 Å². The maximum atomic E-state index is 13.2. The molecule has 1 atom stereocenters. The van der Waals surface area contributed by atoms with Crippen molar-refractivity contribution in [2.75, 3.05) is 13.8 Å². The second-order valence-corrected chi connectivity index (χ2v) is 6.94. The molecule has 4 rings (SSSR count). The highest BCUT2D eigenvalue weighted by Crippen LogP contribution is 2.33. The summed E-state index contributed by atoms with van der Waals surface area (Å²) < 4.78 is 12.4. The molecule has 0 saturated carbocycles. The van der Waals surface area contributed by atoms with Crippen LogP contribution >= 0.6 is 0 Å². The van der Waals surface area contributed by atoms with Gasteiger partial charge in [0.25, 0.3) is 11.5 Å². The normalized spacial score (nSPS) is 13.5. The fourth-order valence-electron chi connectivity index (χ4n) is 3.75. The summed E-state index contributed by atoms with van der Waals surface area (Å²) in [5.41, 5.74) is 1.05. The first-order valence-electron chi connectivity index (χ1n) is 9.71. The van der Waals surface area contributed by atoms with E-state index in [1.807, 2.05) is 32.0 Å². The molecule has 7 nitrogen and oxygen atoms in total. The van der Waals surface area contributed by atoms with Crippen molar-refractivity contribution in [1.82, 2.24) is 14.5 Å². The van der Waals surface area contributed by atoms with Crippen LogP contribution in [0.4, 0.5) is 0 Å². The molecule has 0 fully saturated rings. The Balaban J connectivity index is 1.75. The molecule has 0 bridgehead atoms. The summed E-state index contributed by atoms with van der Waals surface area (Å²) in [5, 5.41) is 0.581. The highest BCUT2D eigenvalue weighted by Gasteiger charge is 2.27. The molecule has 0 N–H and O–H groups in total. The van der Waals surface area contributed by atoms with Gasteiger partial charge in [-0.2, -0.15) is 0 Å². The SMILES string of the molecule is CCC(c1nc2ccccc2c(=O)n1CC)N(C)C(=O)c1ccc2c(c1)OCO2. The Labute approximate surface area is 168 Å². The Kier molecular flexibility index (Phi) is 4.96. The van der Waals surface area contributed by atoms with E-state index in [-0.39, 0.29) is 24.3 Å². The molecule has 0 aliphatic carbocycles. The number of benzene rings is 2. The average molecular weight is 393 g/mol. The van der Waals surface area contributed by atoms with Crippen LogP contribution in [0.3, 0.4) is 0 Å². The van der Waals surface area contributed by atoms with Crippen LogP contribution in [0, 0.1) is 0 Å². The number of hydrogen-bond donors (Lipinski definition) is 0. The third-order valence-electron chi connectivity index (χ3n) is 5.30. The first-order chi connectivity index (χ1) is 14.0. The molecule has 150 valence electrons. The van der Waals surface area contributed by atoms with E-state index >= 15 is 0 Å². The minimum atomic E-state index is -0.342. The third kappa shape index (κ3) is 3.22. The largest absolute Gasteiger partial charge is 0.454 e. The van der Waals surface area contributed by atoms with Crippen molar-refractivity contribution >= 4 is 16.8 Å². The molecule has 2 heterocycles. The number of nitrogens with zero attached hydrogens (tertiary/aromatic N) is 3. The van der Waals surface area contributed by atoms with Gasteiger partial charge in [0.2, 0.25) is 6.79 Å². The van der Waals surface area contributed by atoms with E-state index in [0.29, 0.717) is 46.8 Å². The second-order valence-electron chi connectivity index (χ2n) is 6.94. The van der Waals surface area contributed by atoms with E-state index in [2.05, 4.69) is 0 Å². The lowest BCUT2D eigenvalue weighted by atomic mass is 10.1. The predicted molar refractivity (Wildman–Crippen MR) is 109 cm³/mol. The topological polar surface area (TPSA) is 73.7 Å². The second kappa shape index (κ2) is 7.58. The van der Waals surface area contributed by atoms with Crippen molar-refractivity contribution in [2.24, 2.45) is 0 Å². The van der Waals surface area contributed by atoms with Gasteiger partial charge in [-0.15, -0.1) is 0 Å². The van der Waals surface area contributed by atoms with E-state index in [9.17, 15) is 9.59 Å². The predicted octanol–water partition coefficient (Wildman–Crippen LogP) is 3.37. The summed E-state index contributed by atoms with van der Waals surface area (Å²) in [7, 11) is 1.74. The third-order valence-corrected chi connectivity index (χ3v) is 5.30. The van der Waals surface area contributed by atoms with E-state index in [0.717, 1.165) is 0 Å². The van der Waals surface area contributed by atoms with Gasteiger partial charge in [-0.25, -0.2) is 4.98 Å². The lowest BCUT2D eigenvalue weighted by molar-refractivity contribution is 0.0714. The minimum absolute atomic E-state index is 0.0875. The number of carbonyl (C=O) groups excluding carboxylic acids is 1. The summed E-state index contributed by atoms with van der Waals surface area (Å²) >= 11 is 0. The first kappa shape index (κ1) is 19.0. The number of para-hydroxylation sites is 1. The van der Waals surface area contributed by atoms with Gasteiger partial charge in [-0.3, -0.25) is 14.2 Å². The number of hydrogen-bond acceptors (Lipinski definition) is 5. The zero-order valence-electron chi connectivity index (χ0n) is 16.7. The molecule has 0 spiro atoms. The summed E-state index contributed by atoms with van der Waals surface area (Å²) in [6.07, 6.45) is 0.623. The highest BCUT2D eigenvalue weighted by molar-refractivity contribution is 5.95. The molecule has 1 amide bonds. The van der Waals surface area contributed by atoms with Gasteiger partial charge in [-0.05, 0) is 43.7 Å². The molecule has 1 aliphatic rings. The summed E-state index contributed by atoms with van der Waals surface area (Å²) in [5.74, 6) is 1.62. The van der Waals surface area contributed by atoms with Crippen LogP contribution in [0.15, 0.2) is 47.3 Å². The van der Waals surface area contributed by atoms with Crippen LogP contribution in [-0.2, 0) is 6.54 Å². The fourth-order valence-corrected chi connectivity index (χ4v) is 3.75. The first-order valence-corrected chi connectivity index (χ1v) is 9.71. The molecule has 0 radical (unpaired) electrons. The quantitative estimate of drug-likeness (QED) is 0.664. The smallest absolute Gasteiger partial charge is 0.261 e. The van der Waals surface area contributed by atoms with Crippen molar-refractivity contribution in [1.29, 1.82) is 0 Å². The zero-order valence-corrected chi connectivity index (χ0v) is 16.7. The van der Waals surface area contributed by atoms with Crippen molar-refractivity contribution < 1.29 is 14.3 Å². The molecule has 3 aromatic rings. The number of fused-ring (bicyclic) bond motifs is 2. The minimum Gasteiger partial charge on any atom is -0.454 e. The maximum Gasteiger partial charge on any atom is 0.261 e. The van der Waals surface area contributed by atoms with Crippen LogP contribution in [0.1, 0.15) is 42.5 Å². The number of ether oxygens (including phenoxy) is 2. The molecule has 2 aromatic carbocycles. The van der Waals surface area contributed by atoms with Crippen LogP contribution < -0.4 is 15.0 Å². The van der Waals surface area contributed by atoms with Gasteiger partial charge in [-0.1, -0.05) is 19.1 Å². The van der Waals surface area contributed by atoms with Crippen molar-refractivity contribution in [3.05, 3.63) is 64.2 Å². The molecular weight excluding hydrogens is 370 g/mol. The van der Waals surface area contributed by atoms with E-state index in [1.165, 1.54) is 0 Å². The fraction of sp³-hybridized carbons (Fsp3) is 0.318. The van der Waals surface area contributed by atoms with Crippen LogP contribution in [-0.4, -0.2) is 34.2 Å². The number of rotatable bonds is 5. The lowest BCUT2D eigenvalue weighted by Gasteiger charge is -2.29. The van der Waals surface area contributed by atoms with Gasteiger partial charge in [0.1, 0.15) is 5.82 Å². The van der Waals surface area contributed by atoms with Gasteiger partial charge >= 0.3 is 0 Å². The number of aromatic nitrogens is 2. The molecule has 1 aliphatic heterocycles. The van der Waals surface area contributed by atoms with E-state index in [1.54, 1.807) is 40.8 Å². The van der Waals surface area contributed by atoms with Crippen molar-refractivity contribution in [3.8, 4) is 11.5 Å². The standard InChI is InChI=1S/C22H23N3O4/c1-4-17(20-23-16-9-7-6-8-15(16)22(27)25(20)5-2)24(3)21(26)14-10-11-18-19(12-14)29-13-28-18/h6-12,17H,4-5,13H2,1-3H3. The Hall–Kier alpha value is -3.35. The van der Waals surface area contributed by atoms with Gasteiger partial charge in [0.05, 0.1) is 16.9 Å². The van der Waals surface area contributed by atoms with Gasteiger partial charge < -0.3 is 14.4 Å². The van der Waals surface area contributed by atoms with Crippen LogP contribution in [0.2, 0.25) is 0 Å². The Morgan fingerprint density at radius 1 is 1.17 bits per heavy atom. The van der Waals surface area contributed by atoms with E-state index < -0.39 is 0 Å². The zero-order chi connectivity index (χ0) is 20.5. The monoisotopic (exact) mass is 393 g/mol. The Morgan fingerprint density at radius 3 is 2.69 bits per heavy atom. The van der Waals surface area contributed by atoms with E-state index in [4.69, 9.17) is 14.5 Å². The van der Waals surface area contributed by atoms with Gasteiger partial charge in [0, 0.05) is 19.2 Å². The number of amides is 1. The number of carbonyl (C=O) groups is 1. The van der Waals surface area contributed by atoms with Crippen LogP contribution in [0.5, 0.6) is 11.5 Å². The molecule has 1 aromatic heterocycles. The summed E-state index contributed by atoms with van der Waals surface area (Å²) in [6.45, 7) is 4.53. The molecular formula is C22H23N3O4. The lowest BCUT2D eigenvalue weighted by Crippen LogP contribution is -2.36. The average Bonchev–Trinajstić information content (AvgIpc) is 3.22. The van der Waals surface area contributed by atoms with Crippen molar-refractivity contribution in [2.45, 2.75) is 32.9 Å². The Bertz CT molecular complexity index is 1140. The maximum absolute atomic E-state index is 13.2. The van der Waals surface area contributed by atoms with Gasteiger partial charge in [0.15, 0.2) is 11.5 Å². The molecule has 7 heteroatoms. The highest BCUT2D eigenvalue weighted by atomic mass is 16.7. The molecule has 0 saturated heterocycles. The Morgan fingerprint density at radius 2 is 1.93 bits per heavy atom. The molecule has 1 unspecified atom stereocenters. The summed E-state index contributed by atoms with van der Waals surface area (Å²) in [4.78, 5) is 32.6. The molecule has 29 heavy (non-hydrogen) atoms. The van der Waals surface area contributed by atoms with Crippen LogP contribution in [0.25, 0.3) is 10.9 Å². The summed E-state index contributed by atoms with van der Waals surface area (Å²) in [6, 6.07) is 12.1.